The fourth-order valence-electron chi connectivity index (χ4n) is 1.36. The third-order valence-corrected chi connectivity index (χ3v) is 3.64. The molecule has 1 aromatic carbocycles. The van der Waals surface area contributed by atoms with Crippen LogP contribution in [0.15, 0.2) is 47.5 Å². The molecule has 2 rings (SSSR count). The number of rotatable bonds is 3. The Morgan fingerprint density at radius 2 is 1.89 bits per heavy atom. The first-order valence-electron chi connectivity index (χ1n) is 5.16. The maximum absolute atomic E-state index is 13.3. The highest BCUT2D eigenvalue weighted by Gasteiger charge is 2.16. The van der Waals surface area contributed by atoms with E-state index in [2.05, 4.69) is 4.98 Å². The number of nitrogens with one attached hydrogen (secondary N) is 1. The number of hydrogen-bond donors (Lipinski definition) is 1. The van der Waals surface area contributed by atoms with Crippen LogP contribution >= 0.6 is 0 Å². The number of aromatic nitrogens is 1. The summed E-state index contributed by atoms with van der Waals surface area (Å²) in [6.45, 7) is 0. The van der Waals surface area contributed by atoms with Gasteiger partial charge in [0, 0.05) is 6.20 Å². The van der Waals surface area contributed by atoms with Crippen LogP contribution in [0.2, 0.25) is 0 Å². The van der Waals surface area contributed by atoms with Gasteiger partial charge in [0.1, 0.15) is 0 Å². The van der Waals surface area contributed by atoms with E-state index in [1.807, 2.05) is 10.8 Å². The van der Waals surface area contributed by atoms with Gasteiger partial charge in [-0.15, -0.1) is 0 Å². The van der Waals surface area contributed by atoms with Gasteiger partial charge in [-0.1, -0.05) is 0 Å². The van der Waals surface area contributed by atoms with Gasteiger partial charge in [-0.2, -0.15) is 5.26 Å². The van der Waals surface area contributed by atoms with E-state index in [0.29, 0.717) is 5.56 Å². The van der Waals surface area contributed by atoms with E-state index in [-0.39, 0.29) is 10.7 Å². The zero-order valence-corrected chi connectivity index (χ0v) is 10.4. The predicted molar refractivity (Wildman–Crippen MR) is 66.2 cm³/mol. The van der Waals surface area contributed by atoms with Crippen LogP contribution in [-0.2, 0) is 10.0 Å². The number of benzene rings is 1. The predicted octanol–water partition coefficient (Wildman–Crippen LogP) is 1.89. The van der Waals surface area contributed by atoms with Crippen molar-refractivity contribution in [1.29, 1.82) is 5.26 Å². The third-order valence-electron chi connectivity index (χ3n) is 2.28. The molecule has 0 fully saturated rings. The van der Waals surface area contributed by atoms with Gasteiger partial charge in [0.2, 0.25) is 0 Å². The van der Waals surface area contributed by atoms with Crippen molar-refractivity contribution in [3.8, 4) is 6.07 Å². The van der Waals surface area contributed by atoms with Crippen molar-refractivity contribution >= 4 is 15.8 Å². The van der Waals surface area contributed by atoms with Crippen LogP contribution in [0.4, 0.5) is 10.2 Å². The van der Waals surface area contributed by atoms with E-state index in [1.54, 1.807) is 0 Å². The Balaban J connectivity index is 2.33. The first kappa shape index (κ1) is 13.0. The van der Waals surface area contributed by atoms with Gasteiger partial charge in [0.25, 0.3) is 10.0 Å². The Kier molecular flexibility index (Phi) is 3.44. The van der Waals surface area contributed by atoms with Crippen molar-refractivity contribution in [3.05, 3.63) is 54.0 Å². The molecule has 0 amide bonds. The molecule has 0 atom stereocenters. The Morgan fingerprint density at radius 1 is 1.21 bits per heavy atom. The van der Waals surface area contributed by atoms with Crippen LogP contribution in [0.3, 0.4) is 0 Å². The van der Waals surface area contributed by atoms with E-state index in [0.717, 1.165) is 6.07 Å². The smallest absolute Gasteiger partial charge is 0.261 e. The third kappa shape index (κ3) is 2.86. The molecule has 0 bridgehead atoms. The highest BCUT2D eigenvalue weighted by atomic mass is 32.2. The summed E-state index contributed by atoms with van der Waals surface area (Å²) in [5, 5.41) is 8.63. The van der Waals surface area contributed by atoms with Crippen LogP contribution < -0.4 is 4.72 Å². The fraction of sp³-hybridized carbons (Fsp3) is 0. The van der Waals surface area contributed by atoms with Crippen molar-refractivity contribution in [2.75, 3.05) is 4.72 Å². The number of pyridine rings is 1. The van der Waals surface area contributed by atoms with Crippen molar-refractivity contribution in [2.24, 2.45) is 0 Å². The summed E-state index contributed by atoms with van der Waals surface area (Å²) in [4.78, 5) is 3.53. The minimum Gasteiger partial charge on any atom is -0.261 e. The largest absolute Gasteiger partial charge is 0.263 e. The lowest BCUT2D eigenvalue weighted by Gasteiger charge is -2.07. The van der Waals surface area contributed by atoms with E-state index in [9.17, 15) is 12.8 Å². The molecule has 2 aromatic rings. The van der Waals surface area contributed by atoms with Crippen molar-refractivity contribution in [2.45, 2.75) is 4.90 Å². The molecule has 1 heterocycles. The second-order valence-electron chi connectivity index (χ2n) is 3.58. The topological polar surface area (TPSA) is 82.8 Å². The molecule has 1 aromatic heterocycles. The van der Waals surface area contributed by atoms with Crippen LogP contribution in [0.25, 0.3) is 0 Å². The molecule has 7 heteroatoms. The Hall–Kier alpha value is -2.46. The summed E-state index contributed by atoms with van der Waals surface area (Å²) in [6, 6.07) is 9.59. The van der Waals surface area contributed by atoms with Gasteiger partial charge in [0.05, 0.1) is 16.5 Å². The van der Waals surface area contributed by atoms with E-state index in [1.165, 1.54) is 36.5 Å². The highest BCUT2D eigenvalue weighted by Crippen LogP contribution is 2.16. The lowest BCUT2D eigenvalue weighted by atomic mass is 10.2. The summed E-state index contributed by atoms with van der Waals surface area (Å²) >= 11 is 0. The highest BCUT2D eigenvalue weighted by molar-refractivity contribution is 7.92. The Bertz CT molecular complexity index is 736. The first-order chi connectivity index (χ1) is 9.03. The average molecular weight is 277 g/mol. The number of halogens is 1. The summed E-state index contributed by atoms with van der Waals surface area (Å²) in [7, 11) is -3.92. The molecule has 1 N–H and O–H groups in total. The van der Waals surface area contributed by atoms with Crippen LogP contribution in [0.1, 0.15) is 5.56 Å². The second kappa shape index (κ2) is 5.04. The molecule has 0 unspecified atom stereocenters. The minimum absolute atomic E-state index is 0.0726. The van der Waals surface area contributed by atoms with Gasteiger partial charge >= 0.3 is 0 Å². The first-order valence-corrected chi connectivity index (χ1v) is 6.65. The molecule has 96 valence electrons. The Morgan fingerprint density at radius 3 is 2.47 bits per heavy atom. The van der Waals surface area contributed by atoms with Crippen molar-refractivity contribution < 1.29 is 12.8 Å². The summed E-state index contributed by atoms with van der Waals surface area (Å²) in [5.41, 5.74) is 0.336. The zero-order valence-electron chi connectivity index (χ0n) is 9.54. The summed E-state index contributed by atoms with van der Waals surface area (Å²) < 4.78 is 39.3. The van der Waals surface area contributed by atoms with Crippen LogP contribution in [0.5, 0.6) is 0 Å². The molecule has 19 heavy (non-hydrogen) atoms. The summed E-state index contributed by atoms with van der Waals surface area (Å²) in [6.07, 6.45) is 1.28. The lowest BCUT2D eigenvalue weighted by molar-refractivity contribution is 0.597. The van der Waals surface area contributed by atoms with E-state index >= 15 is 0 Å². The molecule has 5 nitrogen and oxygen atoms in total. The fourth-order valence-corrected chi connectivity index (χ4v) is 2.37. The standard InChI is InChI=1S/C12H8FN3O2S/c13-11-2-1-7-15-12(11)16-19(17,18)10-5-3-9(8-14)4-6-10/h1-7H,(H,15,16). The molecular weight excluding hydrogens is 269 g/mol. The van der Waals surface area contributed by atoms with Gasteiger partial charge in [-0.25, -0.2) is 17.8 Å². The average Bonchev–Trinajstić information content (AvgIpc) is 2.41. The van der Waals surface area contributed by atoms with Gasteiger partial charge in [0.15, 0.2) is 11.6 Å². The molecule has 0 radical (unpaired) electrons. The zero-order chi connectivity index (χ0) is 13.9. The van der Waals surface area contributed by atoms with Crippen molar-refractivity contribution in [1.82, 2.24) is 4.98 Å². The maximum atomic E-state index is 13.3. The van der Waals surface area contributed by atoms with Crippen LogP contribution in [-0.4, -0.2) is 13.4 Å². The molecule has 0 aliphatic carbocycles. The number of hydrogen-bond acceptors (Lipinski definition) is 4. The normalized spacial score (nSPS) is 10.7. The van der Waals surface area contributed by atoms with Crippen molar-refractivity contribution in [3.63, 3.8) is 0 Å². The summed E-state index contributed by atoms with van der Waals surface area (Å²) in [5.74, 6) is -1.13. The molecule has 0 saturated heterocycles. The Labute approximate surface area is 109 Å². The van der Waals surface area contributed by atoms with E-state index < -0.39 is 15.8 Å². The number of anilines is 1. The maximum Gasteiger partial charge on any atom is 0.263 e. The lowest BCUT2D eigenvalue weighted by Crippen LogP contribution is -2.14. The van der Waals surface area contributed by atoms with Gasteiger partial charge < -0.3 is 0 Å². The van der Waals surface area contributed by atoms with E-state index in [4.69, 9.17) is 5.26 Å². The number of nitriles is 1. The number of sulfonamides is 1. The van der Waals surface area contributed by atoms with Crippen LogP contribution in [0, 0.1) is 17.1 Å². The molecule has 0 aliphatic heterocycles. The quantitative estimate of drug-likeness (QED) is 0.928. The van der Waals surface area contributed by atoms with Gasteiger partial charge in [-0.3, -0.25) is 4.72 Å². The molecular formula is C12H8FN3O2S. The molecule has 0 spiro atoms. The second-order valence-corrected chi connectivity index (χ2v) is 5.26. The monoisotopic (exact) mass is 277 g/mol. The van der Waals surface area contributed by atoms with Gasteiger partial charge in [-0.05, 0) is 36.4 Å². The molecule has 0 saturated carbocycles. The molecule has 0 aliphatic rings. The number of nitrogens with zero attached hydrogens (tertiary/aromatic N) is 2. The minimum atomic E-state index is -3.92. The SMILES string of the molecule is N#Cc1ccc(S(=O)(=O)Nc2ncccc2F)cc1.